The predicted octanol–water partition coefficient (Wildman–Crippen LogP) is 3.77. The van der Waals surface area contributed by atoms with Crippen molar-refractivity contribution in [3.05, 3.63) is 29.0 Å². The SMILES string of the molecule is CCn1c(C2NCC3CCCC32)nc2cccc(Cl)c21. The minimum atomic E-state index is 0.408. The van der Waals surface area contributed by atoms with Crippen molar-refractivity contribution >= 4 is 22.6 Å². The molecular formula is C16H20ClN3. The molecule has 3 nitrogen and oxygen atoms in total. The highest BCUT2D eigenvalue weighted by atomic mass is 35.5. The summed E-state index contributed by atoms with van der Waals surface area (Å²) in [6.07, 6.45) is 4.09. The first kappa shape index (κ1) is 12.7. The number of aryl methyl sites for hydroxylation is 1. The Hall–Kier alpha value is -1.06. The zero-order valence-electron chi connectivity index (χ0n) is 11.8. The van der Waals surface area contributed by atoms with E-state index in [1.165, 1.54) is 25.1 Å². The van der Waals surface area contributed by atoms with Gasteiger partial charge in [-0.05, 0) is 50.3 Å². The van der Waals surface area contributed by atoms with Crippen LogP contribution in [0.25, 0.3) is 11.0 Å². The fourth-order valence-electron chi connectivity index (χ4n) is 4.19. The lowest BCUT2D eigenvalue weighted by Crippen LogP contribution is -2.22. The third kappa shape index (κ3) is 1.73. The first-order valence-corrected chi connectivity index (χ1v) is 8.05. The summed E-state index contributed by atoms with van der Waals surface area (Å²) < 4.78 is 2.30. The zero-order valence-corrected chi connectivity index (χ0v) is 12.5. The molecule has 0 amide bonds. The number of halogens is 1. The molecule has 2 fully saturated rings. The molecule has 1 N–H and O–H groups in total. The normalized spacial score (nSPS) is 29.2. The lowest BCUT2D eigenvalue weighted by molar-refractivity contribution is 0.399. The summed E-state index contributed by atoms with van der Waals surface area (Å²) in [5.74, 6) is 2.79. The van der Waals surface area contributed by atoms with Gasteiger partial charge in [0.15, 0.2) is 0 Å². The molecule has 2 aliphatic rings. The Bertz CT molecular complexity index is 648. The first-order chi connectivity index (χ1) is 9.79. The summed E-state index contributed by atoms with van der Waals surface area (Å²) in [4.78, 5) is 4.90. The average molecular weight is 290 g/mol. The van der Waals surface area contributed by atoms with Crippen LogP contribution in [0.1, 0.15) is 38.1 Å². The van der Waals surface area contributed by atoms with Crippen LogP contribution in [0.3, 0.4) is 0 Å². The molecule has 1 aliphatic heterocycles. The van der Waals surface area contributed by atoms with Crippen LogP contribution < -0.4 is 5.32 Å². The number of nitrogens with zero attached hydrogens (tertiary/aromatic N) is 2. The zero-order chi connectivity index (χ0) is 13.7. The van der Waals surface area contributed by atoms with Crippen molar-refractivity contribution in [2.24, 2.45) is 11.8 Å². The quantitative estimate of drug-likeness (QED) is 0.912. The van der Waals surface area contributed by atoms with Crippen molar-refractivity contribution in [1.29, 1.82) is 0 Å². The van der Waals surface area contributed by atoms with E-state index in [9.17, 15) is 0 Å². The molecule has 1 saturated heterocycles. The van der Waals surface area contributed by atoms with Gasteiger partial charge in [0.05, 0.1) is 22.1 Å². The molecule has 0 bridgehead atoms. The van der Waals surface area contributed by atoms with Gasteiger partial charge in [-0.25, -0.2) is 4.98 Å². The molecule has 106 valence electrons. The second-order valence-electron chi connectivity index (χ2n) is 6.06. The third-order valence-electron chi connectivity index (χ3n) is 5.09. The van der Waals surface area contributed by atoms with Crippen molar-refractivity contribution in [3.8, 4) is 0 Å². The molecule has 0 radical (unpaired) electrons. The molecule has 2 heterocycles. The average Bonchev–Trinajstić information content (AvgIpc) is 3.11. The van der Waals surface area contributed by atoms with Crippen molar-refractivity contribution in [1.82, 2.24) is 14.9 Å². The van der Waals surface area contributed by atoms with Gasteiger partial charge < -0.3 is 9.88 Å². The first-order valence-electron chi connectivity index (χ1n) is 7.67. The molecule has 3 unspecified atom stereocenters. The molecule has 1 aromatic heterocycles. The monoisotopic (exact) mass is 289 g/mol. The summed E-state index contributed by atoms with van der Waals surface area (Å²) in [5, 5.41) is 4.51. The van der Waals surface area contributed by atoms with Gasteiger partial charge in [0.2, 0.25) is 0 Å². The summed E-state index contributed by atoms with van der Waals surface area (Å²) in [5.41, 5.74) is 2.12. The van der Waals surface area contributed by atoms with Crippen LogP contribution in [0.5, 0.6) is 0 Å². The fraction of sp³-hybridized carbons (Fsp3) is 0.562. The second kappa shape index (κ2) is 4.74. The van der Waals surface area contributed by atoms with Gasteiger partial charge in [0.25, 0.3) is 0 Å². The highest BCUT2D eigenvalue weighted by Crippen LogP contribution is 2.44. The smallest absolute Gasteiger partial charge is 0.127 e. The number of nitrogens with one attached hydrogen (secondary N) is 1. The molecule has 20 heavy (non-hydrogen) atoms. The van der Waals surface area contributed by atoms with E-state index in [4.69, 9.17) is 16.6 Å². The van der Waals surface area contributed by atoms with Crippen molar-refractivity contribution < 1.29 is 0 Å². The van der Waals surface area contributed by atoms with Crippen LogP contribution in [0.4, 0.5) is 0 Å². The van der Waals surface area contributed by atoms with E-state index in [1.54, 1.807) is 0 Å². The van der Waals surface area contributed by atoms with E-state index in [-0.39, 0.29) is 0 Å². The number of rotatable bonds is 2. The lowest BCUT2D eigenvalue weighted by Gasteiger charge is -2.19. The van der Waals surface area contributed by atoms with E-state index in [0.717, 1.165) is 41.0 Å². The molecule has 2 aromatic rings. The number of para-hydroxylation sites is 1. The van der Waals surface area contributed by atoms with Crippen molar-refractivity contribution in [2.45, 2.75) is 38.8 Å². The van der Waals surface area contributed by atoms with Gasteiger partial charge in [-0.15, -0.1) is 0 Å². The number of hydrogen-bond acceptors (Lipinski definition) is 2. The standard InChI is InChI=1S/C16H20ClN3/c1-2-20-15-12(17)7-4-8-13(15)19-16(20)14-11-6-3-5-10(11)9-18-14/h4,7-8,10-11,14,18H,2-3,5-6,9H2,1H3. The Labute approximate surface area is 124 Å². The van der Waals surface area contributed by atoms with Gasteiger partial charge in [0, 0.05) is 6.54 Å². The van der Waals surface area contributed by atoms with E-state index in [1.807, 2.05) is 12.1 Å². The van der Waals surface area contributed by atoms with Crippen LogP contribution in [-0.4, -0.2) is 16.1 Å². The largest absolute Gasteiger partial charge is 0.326 e. The number of imidazole rings is 1. The minimum absolute atomic E-state index is 0.408. The Morgan fingerprint density at radius 2 is 2.30 bits per heavy atom. The highest BCUT2D eigenvalue weighted by molar-refractivity contribution is 6.35. The Balaban J connectivity index is 1.85. The maximum Gasteiger partial charge on any atom is 0.127 e. The summed E-state index contributed by atoms with van der Waals surface area (Å²) in [7, 11) is 0. The second-order valence-corrected chi connectivity index (χ2v) is 6.47. The van der Waals surface area contributed by atoms with Gasteiger partial charge in [-0.1, -0.05) is 24.1 Å². The Kier molecular flexibility index (Phi) is 3.00. The highest BCUT2D eigenvalue weighted by Gasteiger charge is 2.41. The van der Waals surface area contributed by atoms with Crippen molar-refractivity contribution in [3.63, 3.8) is 0 Å². The number of fused-ring (bicyclic) bond motifs is 2. The topological polar surface area (TPSA) is 29.9 Å². The van der Waals surface area contributed by atoms with Crippen LogP contribution >= 0.6 is 11.6 Å². The number of hydrogen-bond donors (Lipinski definition) is 1. The van der Waals surface area contributed by atoms with Gasteiger partial charge in [-0.3, -0.25) is 0 Å². The Morgan fingerprint density at radius 3 is 3.15 bits per heavy atom. The predicted molar refractivity (Wildman–Crippen MR) is 82.0 cm³/mol. The maximum atomic E-state index is 6.39. The van der Waals surface area contributed by atoms with Crippen LogP contribution in [0.2, 0.25) is 5.02 Å². The molecule has 0 spiro atoms. The molecular weight excluding hydrogens is 270 g/mol. The Morgan fingerprint density at radius 1 is 1.40 bits per heavy atom. The molecule has 1 aromatic carbocycles. The lowest BCUT2D eigenvalue weighted by atomic mass is 9.93. The van der Waals surface area contributed by atoms with Crippen molar-refractivity contribution in [2.75, 3.05) is 6.54 Å². The summed E-state index contributed by atoms with van der Waals surface area (Å²) >= 11 is 6.39. The fourth-order valence-corrected chi connectivity index (χ4v) is 4.46. The van der Waals surface area contributed by atoms with Gasteiger partial charge in [0.1, 0.15) is 5.82 Å². The van der Waals surface area contributed by atoms with E-state index in [2.05, 4.69) is 22.9 Å². The summed E-state index contributed by atoms with van der Waals surface area (Å²) in [6.45, 7) is 4.25. The van der Waals surface area contributed by atoms with E-state index < -0.39 is 0 Å². The van der Waals surface area contributed by atoms with Crippen LogP contribution in [0, 0.1) is 11.8 Å². The maximum absolute atomic E-state index is 6.39. The number of benzene rings is 1. The third-order valence-corrected chi connectivity index (χ3v) is 5.39. The molecule has 4 rings (SSSR count). The van der Waals surface area contributed by atoms with E-state index >= 15 is 0 Å². The molecule has 3 atom stereocenters. The van der Waals surface area contributed by atoms with Crippen LogP contribution in [0.15, 0.2) is 18.2 Å². The van der Waals surface area contributed by atoms with Crippen LogP contribution in [-0.2, 0) is 6.54 Å². The van der Waals surface area contributed by atoms with E-state index in [0.29, 0.717) is 6.04 Å². The van der Waals surface area contributed by atoms with Gasteiger partial charge in [-0.2, -0.15) is 0 Å². The molecule has 4 heteroatoms. The number of aromatic nitrogens is 2. The van der Waals surface area contributed by atoms with Gasteiger partial charge >= 0.3 is 0 Å². The minimum Gasteiger partial charge on any atom is -0.326 e. The summed E-state index contributed by atoms with van der Waals surface area (Å²) in [6, 6.07) is 6.42. The molecule has 1 aliphatic carbocycles. The molecule has 1 saturated carbocycles.